The van der Waals surface area contributed by atoms with Gasteiger partial charge in [-0.05, 0) is 6.42 Å². The first-order chi connectivity index (χ1) is 4.77. The monoisotopic (exact) mass is 135 g/mol. The van der Waals surface area contributed by atoms with E-state index in [0.29, 0.717) is 5.56 Å². The zero-order valence-electron chi connectivity index (χ0n) is 6.13. The van der Waals surface area contributed by atoms with Gasteiger partial charge < -0.3 is 0 Å². The molecule has 0 amide bonds. The van der Waals surface area contributed by atoms with Crippen molar-refractivity contribution >= 4 is 0 Å². The molecule has 52 valence electrons. The number of rotatable bonds is 1. The summed E-state index contributed by atoms with van der Waals surface area (Å²) >= 11 is 0. The average Bonchev–Trinajstić information content (AvgIpc) is 2.30. The predicted octanol–water partition coefficient (Wildman–Crippen LogP) is 0.854. The smallest absolute Gasteiger partial charge is 0.103 e. The number of aryl methyl sites for hydroxylation is 2. The molecule has 0 bridgehead atoms. The first kappa shape index (κ1) is 6.81. The highest BCUT2D eigenvalue weighted by atomic mass is 15.2. The number of hydrogen-bond acceptors (Lipinski definition) is 2. The molecular formula is C7H9N3. The third-order valence-corrected chi connectivity index (χ3v) is 1.36. The molecule has 10 heavy (non-hydrogen) atoms. The second-order valence-corrected chi connectivity index (χ2v) is 2.13. The fourth-order valence-corrected chi connectivity index (χ4v) is 0.889. The topological polar surface area (TPSA) is 41.6 Å². The summed E-state index contributed by atoms with van der Waals surface area (Å²) in [7, 11) is 1.82. The Balaban J connectivity index is 3.12. The van der Waals surface area contributed by atoms with Crippen molar-refractivity contribution in [3.63, 3.8) is 0 Å². The molecule has 0 fully saturated rings. The van der Waals surface area contributed by atoms with Gasteiger partial charge >= 0.3 is 0 Å². The molecule has 0 saturated heterocycles. The normalized spacial score (nSPS) is 9.30. The van der Waals surface area contributed by atoms with Crippen LogP contribution in [-0.4, -0.2) is 9.78 Å². The van der Waals surface area contributed by atoms with Gasteiger partial charge in [0, 0.05) is 13.2 Å². The second-order valence-electron chi connectivity index (χ2n) is 2.13. The molecule has 1 aromatic rings. The van der Waals surface area contributed by atoms with Gasteiger partial charge in [0.05, 0.1) is 11.3 Å². The minimum absolute atomic E-state index is 0.685. The van der Waals surface area contributed by atoms with Crippen molar-refractivity contribution in [3.8, 4) is 6.07 Å². The minimum Gasteiger partial charge on any atom is -0.274 e. The lowest BCUT2D eigenvalue weighted by Gasteiger charge is -1.84. The van der Waals surface area contributed by atoms with Gasteiger partial charge in [-0.25, -0.2) is 0 Å². The van der Waals surface area contributed by atoms with Crippen LogP contribution in [0.2, 0.25) is 0 Å². The maximum atomic E-state index is 8.56. The highest BCUT2D eigenvalue weighted by Crippen LogP contribution is 2.03. The summed E-state index contributed by atoms with van der Waals surface area (Å²) in [6, 6.07) is 2.08. The number of nitrogens with zero attached hydrogens (tertiary/aromatic N) is 3. The highest BCUT2D eigenvalue weighted by Gasteiger charge is 2.02. The summed E-state index contributed by atoms with van der Waals surface area (Å²) in [5, 5.41) is 12.7. The van der Waals surface area contributed by atoms with Crippen LogP contribution >= 0.6 is 0 Å². The summed E-state index contributed by atoms with van der Waals surface area (Å²) in [6.07, 6.45) is 2.56. The summed E-state index contributed by atoms with van der Waals surface area (Å²) in [4.78, 5) is 0. The molecule has 1 rings (SSSR count). The van der Waals surface area contributed by atoms with Crippen molar-refractivity contribution in [3.05, 3.63) is 17.5 Å². The van der Waals surface area contributed by atoms with Crippen molar-refractivity contribution in [2.45, 2.75) is 13.3 Å². The molecule has 3 nitrogen and oxygen atoms in total. The van der Waals surface area contributed by atoms with E-state index in [0.717, 1.165) is 12.1 Å². The van der Waals surface area contributed by atoms with E-state index in [2.05, 4.69) is 11.2 Å². The van der Waals surface area contributed by atoms with Crippen molar-refractivity contribution in [1.82, 2.24) is 9.78 Å². The van der Waals surface area contributed by atoms with E-state index in [-0.39, 0.29) is 0 Å². The van der Waals surface area contributed by atoms with Crippen LogP contribution in [0.1, 0.15) is 18.2 Å². The molecule has 0 aliphatic rings. The average molecular weight is 135 g/mol. The first-order valence-electron chi connectivity index (χ1n) is 3.20. The summed E-state index contributed by atoms with van der Waals surface area (Å²) in [5.74, 6) is 0. The molecule has 0 saturated carbocycles. The van der Waals surface area contributed by atoms with Crippen molar-refractivity contribution in [1.29, 1.82) is 5.26 Å². The molecule has 1 aromatic heterocycles. The molecule has 0 radical (unpaired) electrons. The molecular weight excluding hydrogens is 126 g/mol. The molecule has 0 unspecified atom stereocenters. The summed E-state index contributed by atoms with van der Waals surface area (Å²) in [5.41, 5.74) is 1.56. The minimum atomic E-state index is 0.685. The fourth-order valence-electron chi connectivity index (χ4n) is 0.889. The van der Waals surface area contributed by atoms with Gasteiger partial charge in [-0.2, -0.15) is 10.4 Å². The van der Waals surface area contributed by atoms with E-state index < -0.39 is 0 Å². The summed E-state index contributed by atoms with van der Waals surface area (Å²) < 4.78 is 1.66. The maximum Gasteiger partial charge on any atom is 0.103 e. The van der Waals surface area contributed by atoms with E-state index >= 15 is 0 Å². The SMILES string of the molecule is CCc1nn(C)cc1C#N. The van der Waals surface area contributed by atoms with Crippen LogP contribution in [0, 0.1) is 11.3 Å². The zero-order chi connectivity index (χ0) is 7.56. The second kappa shape index (κ2) is 2.53. The van der Waals surface area contributed by atoms with E-state index in [4.69, 9.17) is 5.26 Å². The van der Waals surface area contributed by atoms with Gasteiger partial charge in [0.15, 0.2) is 0 Å². The number of hydrogen-bond donors (Lipinski definition) is 0. The molecule has 0 aliphatic carbocycles. The van der Waals surface area contributed by atoms with E-state index in [9.17, 15) is 0 Å². The Kier molecular flexibility index (Phi) is 1.72. The lowest BCUT2D eigenvalue weighted by atomic mass is 10.2. The van der Waals surface area contributed by atoms with Crippen LogP contribution in [-0.2, 0) is 13.5 Å². The fraction of sp³-hybridized carbons (Fsp3) is 0.429. The number of nitriles is 1. The summed E-state index contributed by atoms with van der Waals surface area (Å²) in [6.45, 7) is 1.99. The molecule has 3 heteroatoms. The first-order valence-corrected chi connectivity index (χ1v) is 3.20. The molecule has 1 heterocycles. The zero-order valence-corrected chi connectivity index (χ0v) is 6.13. The molecule has 0 aliphatic heterocycles. The Labute approximate surface area is 59.9 Å². The quantitative estimate of drug-likeness (QED) is 0.573. The lowest BCUT2D eigenvalue weighted by molar-refractivity contribution is 0.746. The van der Waals surface area contributed by atoms with Crippen molar-refractivity contribution in [2.75, 3.05) is 0 Å². The molecule has 0 aromatic carbocycles. The maximum absolute atomic E-state index is 8.56. The third kappa shape index (κ3) is 1.01. The van der Waals surface area contributed by atoms with Crippen LogP contribution in [0.3, 0.4) is 0 Å². The molecule has 0 spiro atoms. The van der Waals surface area contributed by atoms with E-state index in [1.165, 1.54) is 0 Å². The molecule has 0 atom stereocenters. The number of aromatic nitrogens is 2. The van der Waals surface area contributed by atoms with Gasteiger partial charge in [-0.3, -0.25) is 4.68 Å². The van der Waals surface area contributed by atoms with Crippen LogP contribution in [0.5, 0.6) is 0 Å². The largest absolute Gasteiger partial charge is 0.274 e. The van der Waals surface area contributed by atoms with Crippen molar-refractivity contribution in [2.24, 2.45) is 7.05 Å². The van der Waals surface area contributed by atoms with Gasteiger partial charge in [0.25, 0.3) is 0 Å². The van der Waals surface area contributed by atoms with Crippen molar-refractivity contribution < 1.29 is 0 Å². The predicted molar refractivity (Wildman–Crippen MR) is 37.3 cm³/mol. The molecule has 0 N–H and O–H groups in total. The van der Waals surface area contributed by atoms with E-state index in [1.54, 1.807) is 10.9 Å². The van der Waals surface area contributed by atoms with Crippen LogP contribution in [0.25, 0.3) is 0 Å². The Morgan fingerprint density at radius 3 is 2.90 bits per heavy atom. The lowest BCUT2D eigenvalue weighted by Crippen LogP contribution is -1.89. The van der Waals surface area contributed by atoms with E-state index in [1.807, 2.05) is 14.0 Å². The standard InChI is InChI=1S/C7H9N3/c1-3-7-6(4-8)5-10(2)9-7/h5H,3H2,1-2H3. The van der Waals surface area contributed by atoms with Gasteiger partial charge in [-0.1, -0.05) is 6.92 Å². The Morgan fingerprint density at radius 1 is 1.80 bits per heavy atom. The Bertz CT molecular complexity index is 267. The Hall–Kier alpha value is -1.30. The Morgan fingerprint density at radius 2 is 2.50 bits per heavy atom. The van der Waals surface area contributed by atoms with Crippen LogP contribution in [0.15, 0.2) is 6.20 Å². The highest BCUT2D eigenvalue weighted by molar-refractivity contribution is 5.30. The van der Waals surface area contributed by atoms with Gasteiger partial charge in [0.2, 0.25) is 0 Å². The third-order valence-electron chi connectivity index (χ3n) is 1.36. The van der Waals surface area contributed by atoms with Crippen LogP contribution in [0.4, 0.5) is 0 Å². The van der Waals surface area contributed by atoms with Crippen LogP contribution < -0.4 is 0 Å². The van der Waals surface area contributed by atoms with Gasteiger partial charge in [-0.15, -0.1) is 0 Å². The van der Waals surface area contributed by atoms with Gasteiger partial charge in [0.1, 0.15) is 6.07 Å².